The maximum atomic E-state index is 14.0. The lowest BCUT2D eigenvalue weighted by atomic mass is 9.78. The molecular formula is C14H18ClFN2O2S. The molecule has 3 rings (SSSR count). The Kier molecular flexibility index (Phi) is 3.98. The average Bonchev–Trinajstić information content (AvgIpc) is 2.88. The van der Waals surface area contributed by atoms with Gasteiger partial charge in [-0.05, 0) is 36.8 Å². The normalized spacial score (nSPS) is 30.3. The van der Waals surface area contributed by atoms with Gasteiger partial charge in [-0.3, -0.25) is 0 Å². The van der Waals surface area contributed by atoms with Crippen molar-refractivity contribution in [2.75, 3.05) is 13.1 Å². The summed E-state index contributed by atoms with van der Waals surface area (Å²) in [5.74, 6) is -0.417. The van der Waals surface area contributed by atoms with E-state index in [1.807, 2.05) is 0 Å². The first kappa shape index (κ1) is 15.2. The van der Waals surface area contributed by atoms with Gasteiger partial charge in [-0.2, -0.15) is 4.31 Å². The second kappa shape index (κ2) is 5.50. The van der Waals surface area contributed by atoms with Crippen molar-refractivity contribution < 1.29 is 12.8 Å². The lowest BCUT2D eigenvalue weighted by Gasteiger charge is -2.29. The highest BCUT2D eigenvalue weighted by atomic mass is 35.5. The van der Waals surface area contributed by atoms with Crippen molar-refractivity contribution in [2.45, 2.75) is 30.2 Å². The van der Waals surface area contributed by atoms with Crippen LogP contribution >= 0.6 is 11.6 Å². The van der Waals surface area contributed by atoms with Crippen molar-refractivity contribution >= 4 is 21.6 Å². The summed E-state index contributed by atoms with van der Waals surface area (Å²) in [6.45, 7) is 0.798. The Labute approximate surface area is 129 Å². The van der Waals surface area contributed by atoms with E-state index in [1.54, 1.807) is 0 Å². The van der Waals surface area contributed by atoms with Crippen molar-refractivity contribution in [3.05, 3.63) is 29.0 Å². The van der Waals surface area contributed by atoms with E-state index in [0.29, 0.717) is 13.1 Å². The topological polar surface area (TPSA) is 63.4 Å². The molecule has 2 N–H and O–H groups in total. The van der Waals surface area contributed by atoms with Gasteiger partial charge >= 0.3 is 0 Å². The van der Waals surface area contributed by atoms with Crippen LogP contribution < -0.4 is 5.73 Å². The van der Waals surface area contributed by atoms with E-state index in [2.05, 4.69) is 0 Å². The van der Waals surface area contributed by atoms with Crippen LogP contribution in [0, 0.1) is 17.7 Å². The number of nitrogens with two attached hydrogens (primary N) is 1. The SMILES string of the molecule is NC1CCCC2CN(S(=O)(=O)c3cccc(Cl)c3F)CC12. The van der Waals surface area contributed by atoms with Crippen LogP contribution in [0.15, 0.2) is 23.1 Å². The number of nitrogens with zero attached hydrogens (tertiary/aromatic N) is 1. The summed E-state index contributed by atoms with van der Waals surface area (Å²) in [6.07, 6.45) is 2.95. The van der Waals surface area contributed by atoms with Gasteiger partial charge in [0, 0.05) is 19.1 Å². The molecular weight excluding hydrogens is 315 g/mol. The monoisotopic (exact) mass is 332 g/mol. The summed E-state index contributed by atoms with van der Waals surface area (Å²) < 4.78 is 40.7. The van der Waals surface area contributed by atoms with Gasteiger partial charge in [0.15, 0.2) is 5.82 Å². The van der Waals surface area contributed by atoms with E-state index >= 15 is 0 Å². The number of hydrogen-bond acceptors (Lipinski definition) is 3. The lowest BCUT2D eigenvalue weighted by molar-refractivity contribution is 0.260. The van der Waals surface area contributed by atoms with Crippen LogP contribution in [0.1, 0.15) is 19.3 Å². The smallest absolute Gasteiger partial charge is 0.246 e. The van der Waals surface area contributed by atoms with Crippen molar-refractivity contribution in [3.8, 4) is 0 Å². The molecule has 0 spiro atoms. The minimum absolute atomic E-state index is 0.0353. The molecule has 1 saturated carbocycles. The highest BCUT2D eigenvalue weighted by Crippen LogP contribution is 2.38. The molecule has 1 heterocycles. The van der Waals surface area contributed by atoms with E-state index in [1.165, 1.54) is 22.5 Å². The quantitative estimate of drug-likeness (QED) is 0.903. The zero-order valence-electron chi connectivity index (χ0n) is 11.5. The minimum Gasteiger partial charge on any atom is -0.327 e. The molecule has 0 aromatic heterocycles. The van der Waals surface area contributed by atoms with E-state index in [9.17, 15) is 12.8 Å². The molecule has 1 aromatic carbocycles. The number of fused-ring (bicyclic) bond motifs is 1. The molecule has 1 aliphatic carbocycles. The predicted octanol–water partition coefficient (Wildman–Crippen LogP) is 2.23. The summed E-state index contributed by atoms with van der Waals surface area (Å²) in [5, 5.41) is -0.176. The Morgan fingerprint density at radius 1 is 1.29 bits per heavy atom. The van der Waals surface area contributed by atoms with E-state index in [-0.39, 0.29) is 27.8 Å². The van der Waals surface area contributed by atoms with Gasteiger partial charge in [0.2, 0.25) is 10.0 Å². The zero-order valence-corrected chi connectivity index (χ0v) is 13.1. The fourth-order valence-electron chi connectivity index (χ4n) is 3.49. The summed E-state index contributed by atoms with van der Waals surface area (Å²) in [6, 6.07) is 4.09. The molecule has 116 valence electrons. The first-order valence-electron chi connectivity index (χ1n) is 7.11. The zero-order chi connectivity index (χ0) is 15.2. The minimum atomic E-state index is -3.86. The van der Waals surface area contributed by atoms with Crippen LogP contribution in [0.4, 0.5) is 4.39 Å². The largest absolute Gasteiger partial charge is 0.327 e. The number of benzene rings is 1. The Hall–Kier alpha value is -0.690. The van der Waals surface area contributed by atoms with Crippen molar-refractivity contribution in [1.82, 2.24) is 4.31 Å². The molecule has 1 aromatic rings. The number of hydrogen-bond donors (Lipinski definition) is 1. The molecule has 0 amide bonds. The van der Waals surface area contributed by atoms with E-state index in [4.69, 9.17) is 17.3 Å². The maximum absolute atomic E-state index is 14.0. The molecule has 4 nitrogen and oxygen atoms in total. The van der Waals surface area contributed by atoms with E-state index in [0.717, 1.165) is 19.3 Å². The maximum Gasteiger partial charge on any atom is 0.246 e. The van der Waals surface area contributed by atoms with Crippen LogP contribution in [0.5, 0.6) is 0 Å². The molecule has 1 aliphatic heterocycles. The summed E-state index contributed by atoms with van der Waals surface area (Å²) in [7, 11) is -3.86. The van der Waals surface area contributed by atoms with Gasteiger partial charge in [0.1, 0.15) is 4.90 Å². The molecule has 7 heteroatoms. The summed E-state index contributed by atoms with van der Waals surface area (Å²) in [5.41, 5.74) is 6.10. The summed E-state index contributed by atoms with van der Waals surface area (Å²) >= 11 is 5.69. The first-order chi connectivity index (χ1) is 9.91. The molecule has 2 aliphatic rings. The Balaban J connectivity index is 1.91. The highest BCUT2D eigenvalue weighted by molar-refractivity contribution is 7.89. The molecule has 21 heavy (non-hydrogen) atoms. The van der Waals surface area contributed by atoms with Gasteiger partial charge < -0.3 is 5.73 Å². The van der Waals surface area contributed by atoms with E-state index < -0.39 is 15.8 Å². The molecule has 0 radical (unpaired) electrons. The Bertz CT molecular complexity index is 652. The van der Waals surface area contributed by atoms with Crippen LogP contribution in [0.3, 0.4) is 0 Å². The fourth-order valence-corrected chi connectivity index (χ4v) is 5.35. The van der Waals surface area contributed by atoms with Gasteiger partial charge in [-0.25, -0.2) is 12.8 Å². The second-order valence-corrected chi connectivity index (χ2v) is 8.21. The van der Waals surface area contributed by atoms with Gasteiger partial charge in [-0.1, -0.05) is 24.1 Å². The Morgan fingerprint density at radius 3 is 2.76 bits per heavy atom. The third-order valence-electron chi connectivity index (χ3n) is 4.65. The van der Waals surface area contributed by atoms with Gasteiger partial charge in [-0.15, -0.1) is 0 Å². The van der Waals surface area contributed by atoms with Crippen molar-refractivity contribution in [1.29, 1.82) is 0 Å². The van der Waals surface area contributed by atoms with Crippen LogP contribution in [-0.4, -0.2) is 31.9 Å². The van der Waals surface area contributed by atoms with Crippen LogP contribution in [0.25, 0.3) is 0 Å². The predicted molar refractivity (Wildman–Crippen MR) is 79.0 cm³/mol. The number of halogens is 2. The van der Waals surface area contributed by atoms with Crippen LogP contribution in [-0.2, 0) is 10.0 Å². The molecule has 0 bridgehead atoms. The number of rotatable bonds is 2. The third-order valence-corrected chi connectivity index (χ3v) is 6.80. The highest BCUT2D eigenvalue weighted by Gasteiger charge is 2.43. The number of sulfonamides is 1. The Morgan fingerprint density at radius 2 is 2.05 bits per heavy atom. The van der Waals surface area contributed by atoms with Gasteiger partial charge in [0.25, 0.3) is 0 Å². The van der Waals surface area contributed by atoms with Crippen molar-refractivity contribution in [3.63, 3.8) is 0 Å². The van der Waals surface area contributed by atoms with Gasteiger partial charge in [0.05, 0.1) is 5.02 Å². The molecule has 2 fully saturated rings. The molecule has 1 saturated heterocycles. The third kappa shape index (κ3) is 2.59. The first-order valence-corrected chi connectivity index (χ1v) is 8.93. The standard InChI is InChI=1S/C14H18ClFN2O2S/c15-11-4-2-6-13(14(11)16)21(19,20)18-7-9-3-1-5-12(17)10(9)8-18/h2,4,6,9-10,12H,1,3,5,7-8,17H2. The fraction of sp³-hybridized carbons (Fsp3) is 0.571. The molecule has 3 unspecified atom stereocenters. The van der Waals surface area contributed by atoms with Crippen LogP contribution in [0.2, 0.25) is 5.02 Å². The molecule has 3 atom stereocenters. The summed E-state index contributed by atoms with van der Waals surface area (Å²) in [4.78, 5) is -0.345. The second-order valence-electron chi connectivity index (χ2n) is 5.89. The average molecular weight is 333 g/mol. The van der Waals surface area contributed by atoms with Crippen molar-refractivity contribution in [2.24, 2.45) is 17.6 Å². The lowest BCUT2D eigenvalue weighted by Crippen LogP contribution is -2.38.